The van der Waals surface area contributed by atoms with Crippen LogP contribution in [-0.4, -0.2) is 30.8 Å². The number of fused-ring (bicyclic) bond motifs is 1. The van der Waals surface area contributed by atoms with Gasteiger partial charge in [-0.25, -0.2) is 0 Å². The SMILES string of the molecule is CC1(C)C(C#N)=C(SCC(=O)Nc2ccc3c(c2)OCCO3)NC(=O)[C@@H]1C#N. The standard InChI is InChI=1S/C19H18N4O4S/c1-19(2)12(8-20)17(25)23-18(13(19)9-21)28-10-16(24)22-11-3-4-14-15(7-11)27-6-5-26-14/h3-4,7,12H,5-6,10H2,1-2H3,(H,22,24)(H,23,25)/t12-/m0/s1. The molecule has 1 aromatic rings. The van der Waals surface area contributed by atoms with E-state index in [2.05, 4.69) is 16.7 Å². The number of anilines is 1. The number of allylic oxidation sites excluding steroid dienone is 1. The number of nitriles is 2. The van der Waals surface area contributed by atoms with Gasteiger partial charge in [-0.15, -0.1) is 0 Å². The summed E-state index contributed by atoms with van der Waals surface area (Å²) >= 11 is 1.05. The van der Waals surface area contributed by atoms with E-state index in [1.165, 1.54) is 0 Å². The number of amides is 2. The van der Waals surface area contributed by atoms with Crippen molar-refractivity contribution in [1.82, 2.24) is 5.32 Å². The fourth-order valence-corrected chi connectivity index (χ4v) is 3.96. The first-order valence-electron chi connectivity index (χ1n) is 8.54. The van der Waals surface area contributed by atoms with Crippen LogP contribution in [0.5, 0.6) is 11.5 Å². The Morgan fingerprint density at radius 1 is 1.32 bits per heavy atom. The second kappa shape index (κ2) is 7.83. The summed E-state index contributed by atoms with van der Waals surface area (Å²) in [6.07, 6.45) is 0. The van der Waals surface area contributed by atoms with Crippen molar-refractivity contribution in [2.75, 3.05) is 24.3 Å². The number of thioether (sulfide) groups is 1. The second-order valence-electron chi connectivity index (χ2n) is 6.78. The highest BCUT2D eigenvalue weighted by molar-refractivity contribution is 8.03. The quantitative estimate of drug-likeness (QED) is 0.796. The number of carbonyl (C=O) groups is 2. The molecule has 0 unspecified atom stereocenters. The summed E-state index contributed by atoms with van der Waals surface area (Å²) in [4.78, 5) is 24.5. The number of hydrogen-bond acceptors (Lipinski definition) is 7. The molecule has 0 fully saturated rings. The van der Waals surface area contributed by atoms with Gasteiger partial charge in [0, 0.05) is 17.2 Å². The van der Waals surface area contributed by atoms with E-state index >= 15 is 0 Å². The van der Waals surface area contributed by atoms with Crippen LogP contribution in [0.4, 0.5) is 5.69 Å². The molecule has 3 rings (SSSR count). The Kier molecular flexibility index (Phi) is 5.48. The van der Waals surface area contributed by atoms with Gasteiger partial charge in [0.05, 0.1) is 28.5 Å². The molecule has 2 amide bonds. The third-order valence-corrected chi connectivity index (χ3v) is 5.51. The first-order valence-corrected chi connectivity index (χ1v) is 9.53. The first kappa shape index (κ1) is 19.6. The fourth-order valence-electron chi connectivity index (χ4n) is 2.99. The fraction of sp³-hybridized carbons (Fsp3) is 0.368. The van der Waals surface area contributed by atoms with Gasteiger partial charge in [0.2, 0.25) is 11.8 Å². The molecule has 2 N–H and O–H groups in total. The summed E-state index contributed by atoms with van der Waals surface area (Å²) in [7, 11) is 0. The molecule has 0 aliphatic carbocycles. The van der Waals surface area contributed by atoms with Crippen molar-refractivity contribution >= 4 is 29.3 Å². The van der Waals surface area contributed by atoms with Crippen molar-refractivity contribution in [2.24, 2.45) is 11.3 Å². The van der Waals surface area contributed by atoms with Crippen LogP contribution in [0.15, 0.2) is 28.8 Å². The molecule has 0 aromatic heterocycles. The molecule has 9 heteroatoms. The van der Waals surface area contributed by atoms with E-state index < -0.39 is 17.2 Å². The minimum atomic E-state index is -0.960. The molecule has 0 saturated heterocycles. The van der Waals surface area contributed by atoms with E-state index in [1.54, 1.807) is 32.0 Å². The van der Waals surface area contributed by atoms with E-state index in [9.17, 15) is 20.1 Å². The van der Waals surface area contributed by atoms with Crippen LogP contribution >= 0.6 is 11.8 Å². The highest BCUT2D eigenvalue weighted by atomic mass is 32.2. The Morgan fingerprint density at radius 2 is 2.04 bits per heavy atom. The lowest BCUT2D eigenvalue weighted by Gasteiger charge is -2.34. The third-order valence-electron chi connectivity index (χ3n) is 4.51. The van der Waals surface area contributed by atoms with Crippen LogP contribution < -0.4 is 20.1 Å². The number of benzene rings is 1. The molecule has 2 aliphatic heterocycles. The summed E-state index contributed by atoms with van der Waals surface area (Å²) in [5.74, 6) is -0.556. The van der Waals surface area contributed by atoms with E-state index in [4.69, 9.17) is 9.47 Å². The predicted octanol–water partition coefficient (Wildman–Crippen LogP) is 2.16. The molecule has 2 heterocycles. The number of rotatable bonds is 4. The molecule has 2 aliphatic rings. The molecule has 28 heavy (non-hydrogen) atoms. The predicted molar refractivity (Wildman–Crippen MR) is 102 cm³/mol. The highest BCUT2D eigenvalue weighted by Gasteiger charge is 2.44. The average Bonchev–Trinajstić information content (AvgIpc) is 2.66. The topological polar surface area (TPSA) is 124 Å². The second-order valence-corrected chi connectivity index (χ2v) is 7.77. The average molecular weight is 398 g/mol. The van der Waals surface area contributed by atoms with Gasteiger partial charge in [-0.1, -0.05) is 25.6 Å². The molecule has 8 nitrogen and oxygen atoms in total. The minimum absolute atomic E-state index is 0.0114. The van der Waals surface area contributed by atoms with Crippen LogP contribution in [0.2, 0.25) is 0 Å². The van der Waals surface area contributed by atoms with Gasteiger partial charge in [0.15, 0.2) is 11.5 Å². The van der Waals surface area contributed by atoms with Crippen molar-refractivity contribution < 1.29 is 19.1 Å². The molecule has 0 saturated carbocycles. The summed E-state index contributed by atoms with van der Waals surface area (Å²) in [6, 6.07) is 9.12. The lowest BCUT2D eigenvalue weighted by Crippen LogP contribution is -2.44. The monoisotopic (exact) mass is 398 g/mol. The molecular formula is C19H18N4O4S. The zero-order chi connectivity index (χ0) is 20.3. The lowest BCUT2D eigenvalue weighted by molar-refractivity contribution is -0.125. The van der Waals surface area contributed by atoms with E-state index in [1.807, 2.05) is 6.07 Å². The van der Waals surface area contributed by atoms with Crippen LogP contribution in [0.3, 0.4) is 0 Å². The van der Waals surface area contributed by atoms with E-state index in [0.29, 0.717) is 35.4 Å². The van der Waals surface area contributed by atoms with Crippen molar-refractivity contribution in [3.05, 3.63) is 28.8 Å². The Balaban J connectivity index is 1.68. The van der Waals surface area contributed by atoms with Crippen LogP contribution in [-0.2, 0) is 9.59 Å². The van der Waals surface area contributed by atoms with Gasteiger partial charge in [0.1, 0.15) is 19.1 Å². The van der Waals surface area contributed by atoms with Gasteiger partial charge < -0.3 is 20.1 Å². The maximum Gasteiger partial charge on any atom is 0.243 e. The van der Waals surface area contributed by atoms with E-state index in [-0.39, 0.29) is 17.2 Å². The van der Waals surface area contributed by atoms with E-state index in [0.717, 1.165) is 11.8 Å². The zero-order valence-electron chi connectivity index (χ0n) is 15.4. The van der Waals surface area contributed by atoms with Crippen LogP contribution in [0.25, 0.3) is 0 Å². The molecular weight excluding hydrogens is 380 g/mol. The number of hydrogen-bond donors (Lipinski definition) is 2. The molecule has 0 spiro atoms. The van der Waals surface area contributed by atoms with Gasteiger partial charge in [-0.3, -0.25) is 9.59 Å². The molecule has 1 aromatic carbocycles. The number of carbonyl (C=O) groups excluding carboxylic acids is 2. The highest BCUT2D eigenvalue weighted by Crippen LogP contribution is 2.41. The summed E-state index contributed by atoms with van der Waals surface area (Å²) < 4.78 is 10.9. The minimum Gasteiger partial charge on any atom is -0.486 e. The lowest BCUT2D eigenvalue weighted by atomic mass is 9.72. The molecule has 0 radical (unpaired) electrons. The van der Waals surface area contributed by atoms with Crippen molar-refractivity contribution in [3.8, 4) is 23.6 Å². The normalized spacial score (nSPS) is 19.9. The zero-order valence-corrected chi connectivity index (χ0v) is 16.2. The van der Waals surface area contributed by atoms with Gasteiger partial charge >= 0.3 is 0 Å². The third kappa shape index (κ3) is 3.75. The molecule has 1 atom stereocenters. The van der Waals surface area contributed by atoms with Crippen LogP contribution in [0.1, 0.15) is 13.8 Å². The Bertz CT molecular complexity index is 942. The number of nitrogens with zero attached hydrogens (tertiary/aromatic N) is 2. The summed E-state index contributed by atoms with van der Waals surface area (Å²) in [5, 5.41) is 24.4. The Labute approximate surface area is 166 Å². The Morgan fingerprint density at radius 3 is 2.71 bits per heavy atom. The van der Waals surface area contributed by atoms with Crippen molar-refractivity contribution in [1.29, 1.82) is 10.5 Å². The maximum absolute atomic E-state index is 12.3. The number of ether oxygens (including phenoxy) is 2. The smallest absolute Gasteiger partial charge is 0.243 e. The maximum atomic E-state index is 12.3. The summed E-state index contributed by atoms with van der Waals surface area (Å²) in [5.41, 5.74) is -0.0850. The largest absolute Gasteiger partial charge is 0.486 e. The summed E-state index contributed by atoms with van der Waals surface area (Å²) in [6.45, 7) is 4.28. The Hall–Kier alpha value is -3.17. The van der Waals surface area contributed by atoms with Crippen molar-refractivity contribution in [3.63, 3.8) is 0 Å². The van der Waals surface area contributed by atoms with Crippen LogP contribution in [0, 0.1) is 34.0 Å². The first-order chi connectivity index (χ1) is 13.4. The van der Waals surface area contributed by atoms with Crippen molar-refractivity contribution in [2.45, 2.75) is 13.8 Å². The molecule has 144 valence electrons. The number of nitrogens with one attached hydrogen (secondary N) is 2. The van der Waals surface area contributed by atoms with Gasteiger partial charge in [-0.2, -0.15) is 10.5 Å². The molecule has 0 bridgehead atoms. The van der Waals surface area contributed by atoms with Gasteiger partial charge in [0.25, 0.3) is 0 Å². The van der Waals surface area contributed by atoms with Gasteiger partial charge in [-0.05, 0) is 12.1 Å².